The fraction of sp³-hybridized carbons (Fsp3) is 1.00. The lowest BCUT2D eigenvalue weighted by molar-refractivity contribution is -0.166. The summed E-state index contributed by atoms with van der Waals surface area (Å²) < 4.78 is 15.2. The van der Waals surface area contributed by atoms with Gasteiger partial charge in [-0.15, -0.1) is 0 Å². The van der Waals surface area contributed by atoms with Gasteiger partial charge in [0.15, 0.2) is 5.66 Å². The lowest BCUT2D eigenvalue weighted by Crippen LogP contribution is -2.11. The van der Waals surface area contributed by atoms with Crippen LogP contribution in [0.5, 0.6) is 0 Å². The van der Waals surface area contributed by atoms with E-state index in [0.29, 0.717) is 6.42 Å². The molecule has 0 aliphatic rings. The highest BCUT2D eigenvalue weighted by Gasteiger charge is 2.21. The highest BCUT2D eigenvalue weighted by Crippen LogP contribution is 2.37. The van der Waals surface area contributed by atoms with E-state index in [1.165, 1.54) is 0 Å². The van der Waals surface area contributed by atoms with E-state index < -0.39 is 20.4 Å². The molecule has 0 fully saturated rings. The van der Waals surface area contributed by atoms with Crippen LogP contribution in [0.25, 0.3) is 0 Å². The fourth-order valence-electron chi connectivity index (χ4n) is 0.996. The van der Waals surface area contributed by atoms with Crippen molar-refractivity contribution in [3.63, 3.8) is 0 Å². The van der Waals surface area contributed by atoms with Crippen molar-refractivity contribution in [1.82, 2.24) is 0 Å². The van der Waals surface area contributed by atoms with Crippen LogP contribution in [-0.2, 0) is 20.9 Å². The Kier molecular flexibility index (Phi) is 7.26. The molecule has 0 radical (unpaired) electrons. The minimum atomic E-state index is -3.63. The van der Waals surface area contributed by atoms with E-state index in [4.69, 9.17) is 9.79 Å². The van der Waals surface area contributed by atoms with Crippen LogP contribution in [0.3, 0.4) is 0 Å². The first-order valence-corrected chi connectivity index (χ1v) is 8.07. The molecule has 5 nitrogen and oxygen atoms in total. The van der Waals surface area contributed by atoms with Crippen LogP contribution in [0.15, 0.2) is 0 Å². The molecule has 84 valence electrons. The molecule has 0 heterocycles. The zero-order valence-corrected chi connectivity index (χ0v) is 10.4. The predicted octanol–water partition coefficient (Wildman–Crippen LogP) is 0.874. The van der Waals surface area contributed by atoms with Gasteiger partial charge in [-0.25, -0.2) is 0 Å². The lowest BCUT2D eigenvalue weighted by atomic mass is 10.2. The minimum Gasteiger partial charge on any atom is -0.595 e. The van der Waals surface area contributed by atoms with Crippen LogP contribution in [-0.4, -0.2) is 22.1 Å². The third-order valence-corrected chi connectivity index (χ3v) is 3.58. The summed E-state index contributed by atoms with van der Waals surface area (Å²) in [5, 5.41) is 0. The zero-order chi connectivity index (χ0) is 11.2. The molecule has 0 aliphatic carbocycles. The van der Waals surface area contributed by atoms with Gasteiger partial charge in [0.25, 0.3) is 0 Å². The zero-order valence-electron chi connectivity index (χ0n) is 7.83. The van der Waals surface area contributed by atoms with Gasteiger partial charge in [0.05, 0.1) is 6.61 Å². The van der Waals surface area contributed by atoms with Crippen LogP contribution in [0.4, 0.5) is 0 Å². The Morgan fingerprint density at radius 1 is 1.57 bits per heavy atom. The number of hydrogen-bond donors (Lipinski definition) is 2. The monoisotopic (exact) mass is 260 g/mol. The van der Waals surface area contributed by atoms with Gasteiger partial charge in [0.2, 0.25) is 0 Å². The van der Waals surface area contributed by atoms with E-state index in [1.807, 2.05) is 6.92 Å². The van der Waals surface area contributed by atoms with E-state index in [2.05, 4.69) is 16.3 Å². The first-order valence-electron chi connectivity index (χ1n) is 4.20. The van der Waals surface area contributed by atoms with Crippen LogP contribution in [0.2, 0.25) is 0 Å². The second kappa shape index (κ2) is 6.96. The van der Waals surface area contributed by atoms with Crippen molar-refractivity contribution in [3.05, 3.63) is 0 Å². The van der Waals surface area contributed by atoms with Crippen molar-refractivity contribution in [2.75, 3.05) is 6.61 Å². The average Bonchev–Trinajstić information content (AvgIpc) is 2.00. The fourth-order valence-corrected chi connectivity index (χ4v) is 2.35. The second-order valence-corrected chi connectivity index (χ2v) is 6.81. The SMILES string of the molecule is CCCC(CCOP(O)(O)=S)[P+](=O)[O-]. The van der Waals surface area contributed by atoms with E-state index in [1.54, 1.807) is 0 Å². The molecule has 14 heavy (non-hydrogen) atoms. The Bertz CT molecular complexity index is 228. The third-order valence-electron chi connectivity index (χ3n) is 1.63. The van der Waals surface area contributed by atoms with Crippen molar-refractivity contribution >= 4 is 26.6 Å². The van der Waals surface area contributed by atoms with Crippen molar-refractivity contribution in [2.45, 2.75) is 31.8 Å². The quantitative estimate of drug-likeness (QED) is 0.660. The van der Waals surface area contributed by atoms with Crippen LogP contribution >= 0.6 is 14.7 Å². The molecule has 2 unspecified atom stereocenters. The van der Waals surface area contributed by atoms with E-state index >= 15 is 0 Å². The van der Waals surface area contributed by atoms with Gasteiger partial charge in [0, 0.05) is 6.42 Å². The molecule has 8 heteroatoms. The van der Waals surface area contributed by atoms with Gasteiger partial charge in [-0.3, -0.25) is 0 Å². The van der Waals surface area contributed by atoms with Crippen molar-refractivity contribution in [3.8, 4) is 0 Å². The summed E-state index contributed by atoms with van der Waals surface area (Å²) in [7, 11) is -2.48. The van der Waals surface area contributed by atoms with Crippen molar-refractivity contribution < 1.29 is 23.8 Å². The van der Waals surface area contributed by atoms with Crippen LogP contribution in [0, 0.1) is 0 Å². The summed E-state index contributed by atoms with van der Waals surface area (Å²) in [4.78, 5) is 28.1. The van der Waals surface area contributed by atoms with Crippen molar-refractivity contribution in [2.24, 2.45) is 0 Å². The normalized spacial score (nSPS) is 15.3. The molecule has 0 aromatic heterocycles. The van der Waals surface area contributed by atoms with Gasteiger partial charge >= 0.3 is 14.7 Å². The molecule has 2 atom stereocenters. The van der Waals surface area contributed by atoms with E-state index in [0.717, 1.165) is 6.42 Å². The van der Waals surface area contributed by atoms with Crippen molar-refractivity contribution in [1.29, 1.82) is 0 Å². The number of hydrogen-bond acceptors (Lipinski definition) is 4. The number of rotatable bonds is 7. The summed E-state index contributed by atoms with van der Waals surface area (Å²) >= 11 is 4.22. The minimum absolute atomic E-state index is 0.0295. The van der Waals surface area contributed by atoms with Gasteiger partial charge < -0.3 is 19.2 Å². The summed E-state index contributed by atoms with van der Waals surface area (Å²) in [6, 6.07) is 0. The Balaban J connectivity index is 3.83. The Labute approximate surface area is 89.2 Å². The van der Waals surface area contributed by atoms with Gasteiger partial charge in [-0.1, -0.05) is 17.9 Å². The summed E-state index contributed by atoms with van der Waals surface area (Å²) in [6.07, 6.45) is 1.58. The predicted molar refractivity (Wildman–Crippen MR) is 55.6 cm³/mol. The average molecular weight is 260 g/mol. The summed E-state index contributed by atoms with van der Waals surface area (Å²) in [6.45, 7) is -1.78. The molecule has 2 N–H and O–H groups in total. The maximum Gasteiger partial charge on any atom is 0.321 e. The molecular formula is C6H14O5P2S. The smallest absolute Gasteiger partial charge is 0.321 e. The molecule has 0 saturated heterocycles. The molecule has 0 aromatic rings. The van der Waals surface area contributed by atoms with E-state index in [-0.39, 0.29) is 13.0 Å². The molecular weight excluding hydrogens is 246 g/mol. The van der Waals surface area contributed by atoms with Crippen LogP contribution < -0.4 is 4.89 Å². The standard InChI is InChI=1S/C6H14O5P2S/c1-2-3-6(12(7)8)4-5-11-13(9,10)14/h6H,2-5H2,1H3,(H2,9,10,14). The molecule has 0 rings (SSSR count). The summed E-state index contributed by atoms with van der Waals surface area (Å²) in [5.74, 6) is 0. The molecule has 0 bridgehead atoms. The van der Waals surface area contributed by atoms with Gasteiger partial charge in [0.1, 0.15) is 0 Å². The first-order chi connectivity index (χ1) is 6.37. The molecule has 0 spiro atoms. The maximum absolute atomic E-state index is 10.7. The first kappa shape index (κ1) is 14.6. The highest BCUT2D eigenvalue weighted by molar-refractivity contribution is 8.06. The maximum atomic E-state index is 10.7. The largest absolute Gasteiger partial charge is 0.595 e. The molecule has 0 aliphatic heterocycles. The lowest BCUT2D eigenvalue weighted by Gasteiger charge is -2.10. The Hall–Kier alpha value is 0.590. The third kappa shape index (κ3) is 7.94. The Morgan fingerprint density at radius 2 is 2.14 bits per heavy atom. The van der Waals surface area contributed by atoms with E-state index in [9.17, 15) is 9.46 Å². The molecule has 0 saturated carbocycles. The van der Waals surface area contributed by atoms with Crippen LogP contribution in [0.1, 0.15) is 26.2 Å². The topological polar surface area (TPSA) is 89.8 Å². The van der Waals surface area contributed by atoms with Gasteiger partial charge in [-0.05, 0) is 18.2 Å². The Morgan fingerprint density at radius 3 is 2.50 bits per heavy atom. The summed E-state index contributed by atoms with van der Waals surface area (Å²) in [5.41, 5.74) is -0.462. The van der Waals surface area contributed by atoms with Gasteiger partial charge in [-0.2, -0.15) is 0 Å². The molecule has 0 amide bonds. The molecule has 0 aromatic carbocycles. The highest BCUT2D eigenvalue weighted by atomic mass is 32.5. The second-order valence-electron chi connectivity index (χ2n) is 2.84.